The number of nitrogens with one attached hydrogen (secondary N) is 1. The van der Waals surface area contributed by atoms with Crippen LogP contribution in [-0.2, 0) is 6.54 Å². The number of hydrogen-bond acceptors (Lipinski definition) is 2. The number of hydrogen-bond donors (Lipinski definition) is 1. The number of halogens is 2. The fourth-order valence-corrected chi connectivity index (χ4v) is 2.99. The van der Waals surface area contributed by atoms with E-state index in [0.29, 0.717) is 0 Å². The van der Waals surface area contributed by atoms with Crippen molar-refractivity contribution in [1.29, 1.82) is 0 Å². The third-order valence-corrected chi connectivity index (χ3v) is 3.89. The number of rotatable bonds is 7. The molecule has 18 heavy (non-hydrogen) atoms. The van der Waals surface area contributed by atoms with Gasteiger partial charge in [-0.1, -0.05) is 13.8 Å². The highest BCUT2D eigenvalue weighted by Crippen LogP contribution is 2.35. The van der Waals surface area contributed by atoms with E-state index in [1.54, 1.807) is 0 Å². The Morgan fingerprint density at radius 1 is 1.22 bits per heavy atom. The van der Waals surface area contributed by atoms with Crippen LogP contribution in [0.25, 0.3) is 0 Å². The summed E-state index contributed by atoms with van der Waals surface area (Å²) in [7, 11) is 0. The zero-order chi connectivity index (χ0) is 13.5. The SMILES string of the molecule is CCCNCc1cc(Br)c(OC(C)CC)c(Br)c1. The Morgan fingerprint density at radius 3 is 2.33 bits per heavy atom. The summed E-state index contributed by atoms with van der Waals surface area (Å²) in [6.45, 7) is 8.29. The molecule has 0 aromatic heterocycles. The first-order chi connectivity index (χ1) is 8.58. The van der Waals surface area contributed by atoms with Crippen molar-refractivity contribution in [3.8, 4) is 5.75 Å². The number of benzene rings is 1. The van der Waals surface area contributed by atoms with Gasteiger partial charge in [0, 0.05) is 6.54 Å². The molecular formula is C14H21Br2NO. The summed E-state index contributed by atoms with van der Waals surface area (Å²) in [6.07, 6.45) is 2.37. The van der Waals surface area contributed by atoms with Gasteiger partial charge in [0.15, 0.2) is 0 Å². The lowest BCUT2D eigenvalue weighted by Crippen LogP contribution is -2.14. The normalized spacial score (nSPS) is 12.5. The molecule has 1 unspecified atom stereocenters. The summed E-state index contributed by atoms with van der Waals surface area (Å²) < 4.78 is 7.90. The zero-order valence-electron chi connectivity index (χ0n) is 11.2. The molecule has 0 spiro atoms. The topological polar surface area (TPSA) is 21.3 Å². The van der Waals surface area contributed by atoms with Gasteiger partial charge in [0.05, 0.1) is 15.0 Å². The van der Waals surface area contributed by atoms with Crippen molar-refractivity contribution in [2.24, 2.45) is 0 Å². The van der Waals surface area contributed by atoms with Gasteiger partial charge in [-0.3, -0.25) is 0 Å². The predicted octanol–water partition coefficient (Wildman–Crippen LogP) is 4.89. The summed E-state index contributed by atoms with van der Waals surface area (Å²) in [4.78, 5) is 0. The van der Waals surface area contributed by atoms with E-state index in [0.717, 1.165) is 40.6 Å². The summed E-state index contributed by atoms with van der Waals surface area (Å²) in [5.74, 6) is 0.892. The lowest BCUT2D eigenvalue weighted by molar-refractivity contribution is 0.214. The molecule has 1 aromatic rings. The van der Waals surface area contributed by atoms with Gasteiger partial charge in [-0.05, 0) is 75.9 Å². The number of ether oxygens (including phenoxy) is 1. The minimum absolute atomic E-state index is 0.224. The van der Waals surface area contributed by atoms with Gasteiger partial charge in [0.1, 0.15) is 5.75 Å². The lowest BCUT2D eigenvalue weighted by Gasteiger charge is -2.16. The Kier molecular flexibility index (Phi) is 7.27. The fraction of sp³-hybridized carbons (Fsp3) is 0.571. The Morgan fingerprint density at radius 2 is 1.83 bits per heavy atom. The zero-order valence-corrected chi connectivity index (χ0v) is 14.4. The Balaban J connectivity index is 2.77. The second-order valence-corrected chi connectivity index (χ2v) is 6.11. The summed E-state index contributed by atoms with van der Waals surface area (Å²) in [5, 5.41) is 3.39. The highest BCUT2D eigenvalue weighted by molar-refractivity contribution is 9.11. The third kappa shape index (κ3) is 4.90. The highest BCUT2D eigenvalue weighted by Gasteiger charge is 2.11. The third-order valence-electron chi connectivity index (χ3n) is 2.71. The van der Waals surface area contributed by atoms with E-state index in [9.17, 15) is 0 Å². The van der Waals surface area contributed by atoms with E-state index in [1.165, 1.54) is 5.56 Å². The minimum Gasteiger partial charge on any atom is -0.488 e. The monoisotopic (exact) mass is 377 g/mol. The first kappa shape index (κ1) is 16.0. The van der Waals surface area contributed by atoms with Crippen molar-refractivity contribution in [3.05, 3.63) is 26.6 Å². The fourth-order valence-electron chi connectivity index (χ4n) is 1.52. The molecule has 0 radical (unpaired) electrons. The van der Waals surface area contributed by atoms with Crippen molar-refractivity contribution in [3.63, 3.8) is 0 Å². The molecule has 102 valence electrons. The van der Waals surface area contributed by atoms with E-state index < -0.39 is 0 Å². The minimum atomic E-state index is 0.224. The Labute approximate surface area is 127 Å². The molecule has 0 aliphatic rings. The van der Waals surface area contributed by atoms with Gasteiger partial charge in [0.2, 0.25) is 0 Å². The van der Waals surface area contributed by atoms with Gasteiger partial charge in [-0.25, -0.2) is 0 Å². The molecule has 0 saturated heterocycles. The second-order valence-electron chi connectivity index (χ2n) is 4.40. The average Bonchev–Trinajstić information content (AvgIpc) is 2.34. The Bertz CT molecular complexity index is 359. The quantitative estimate of drug-likeness (QED) is 0.682. The van der Waals surface area contributed by atoms with Crippen LogP contribution in [-0.4, -0.2) is 12.6 Å². The molecular weight excluding hydrogens is 358 g/mol. The van der Waals surface area contributed by atoms with E-state index >= 15 is 0 Å². The van der Waals surface area contributed by atoms with E-state index in [1.807, 2.05) is 0 Å². The van der Waals surface area contributed by atoms with Gasteiger partial charge >= 0.3 is 0 Å². The molecule has 2 nitrogen and oxygen atoms in total. The average molecular weight is 379 g/mol. The van der Waals surface area contributed by atoms with Crippen LogP contribution in [0.4, 0.5) is 0 Å². The first-order valence-electron chi connectivity index (χ1n) is 6.43. The van der Waals surface area contributed by atoms with Crippen molar-refractivity contribution >= 4 is 31.9 Å². The molecule has 1 N–H and O–H groups in total. The van der Waals surface area contributed by atoms with Gasteiger partial charge in [0.25, 0.3) is 0 Å². The maximum absolute atomic E-state index is 5.89. The van der Waals surface area contributed by atoms with Crippen LogP contribution in [0.5, 0.6) is 5.75 Å². The molecule has 0 aliphatic carbocycles. The summed E-state index contributed by atoms with van der Waals surface area (Å²) in [5.41, 5.74) is 1.25. The molecule has 0 aliphatic heterocycles. The highest BCUT2D eigenvalue weighted by atomic mass is 79.9. The van der Waals surface area contributed by atoms with E-state index in [2.05, 4.69) is 70.1 Å². The van der Waals surface area contributed by atoms with Crippen LogP contribution in [0.15, 0.2) is 21.1 Å². The van der Waals surface area contributed by atoms with Crippen molar-refractivity contribution in [2.75, 3.05) is 6.54 Å². The molecule has 0 heterocycles. The van der Waals surface area contributed by atoms with E-state index in [-0.39, 0.29) is 6.10 Å². The van der Waals surface area contributed by atoms with Crippen LogP contribution in [0.1, 0.15) is 39.2 Å². The smallest absolute Gasteiger partial charge is 0.148 e. The lowest BCUT2D eigenvalue weighted by atomic mass is 10.2. The standard InChI is InChI=1S/C14H21Br2NO/c1-4-6-17-9-11-7-12(15)14(13(16)8-11)18-10(3)5-2/h7-8,10,17H,4-6,9H2,1-3H3. The van der Waals surface area contributed by atoms with Gasteiger partial charge in [-0.15, -0.1) is 0 Å². The van der Waals surface area contributed by atoms with Crippen LogP contribution >= 0.6 is 31.9 Å². The molecule has 4 heteroatoms. The summed E-state index contributed by atoms with van der Waals surface area (Å²) >= 11 is 7.16. The maximum Gasteiger partial charge on any atom is 0.148 e. The maximum atomic E-state index is 5.89. The van der Waals surface area contributed by atoms with Crippen LogP contribution in [0, 0.1) is 0 Å². The first-order valence-corrected chi connectivity index (χ1v) is 8.02. The van der Waals surface area contributed by atoms with Crippen LogP contribution in [0.3, 0.4) is 0 Å². The van der Waals surface area contributed by atoms with Crippen molar-refractivity contribution < 1.29 is 4.74 Å². The van der Waals surface area contributed by atoms with Gasteiger partial charge in [-0.2, -0.15) is 0 Å². The largest absolute Gasteiger partial charge is 0.488 e. The predicted molar refractivity (Wildman–Crippen MR) is 84.2 cm³/mol. The second kappa shape index (κ2) is 8.18. The van der Waals surface area contributed by atoms with E-state index in [4.69, 9.17) is 4.74 Å². The van der Waals surface area contributed by atoms with Crippen LogP contribution in [0.2, 0.25) is 0 Å². The van der Waals surface area contributed by atoms with Crippen LogP contribution < -0.4 is 10.1 Å². The summed E-state index contributed by atoms with van der Waals surface area (Å²) in [6, 6.07) is 4.23. The molecule has 1 aromatic carbocycles. The van der Waals surface area contributed by atoms with Gasteiger partial charge < -0.3 is 10.1 Å². The van der Waals surface area contributed by atoms with Crippen molar-refractivity contribution in [2.45, 2.75) is 46.3 Å². The molecule has 0 amide bonds. The molecule has 1 rings (SSSR count). The van der Waals surface area contributed by atoms with Crippen molar-refractivity contribution in [1.82, 2.24) is 5.32 Å². The molecule has 0 fully saturated rings. The molecule has 1 atom stereocenters. The Hall–Kier alpha value is -0.0600. The molecule has 0 bridgehead atoms. The molecule has 0 saturated carbocycles.